The van der Waals surface area contributed by atoms with Crippen molar-refractivity contribution in [3.63, 3.8) is 0 Å². The summed E-state index contributed by atoms with van der Waals surface area (Å²) >= 11 is 0. The van der Waals surface area contributed by atoms with Crippen molar-refractivity contribution >= 4 is 94.6 Å². The molecule has 38 nitrogen and oxygen atoms in total. The third kappa shape index (κ3) is 31.7. The Bertz CT molecular complexity index is 2840. The number of hydrogen-bond donors (Lipinski definition) is 21. The molecule has 14 amide bonds. The van der Waals surface area contributed by atoms with Gasteiger partial charge in [0.05, 0.1) is 51.7 Å². The highest BCUT2D eigenvalue weighted by Crippen LogP contribution is 2.11. The van der Waals surface area contributed by atoms with Gasteiger partial charge in [-0.25, -0.2) is 0 Å². The molecule has 0 aliphatic carbocycles. The minimum absolute atomic E-state index is 0.0492. The Kier molecular flexibility index (Phi) is 37.3. The van der Waals surface area contributed by atoms with E-state index in [9.17, 15) is 103 Å². The van der Waals surface area contributed by atoms with Crippen molar-refractivity contribution in [3.8, 4) is 0 Å². The summed E-state index contributed by atoms with van der Waals surface area (Å²) in [5.41, 5.74) is 16.2. The standard InChI is InChI=1S/C57H93N17O21/c1-27(2)19-35(68-56(95)46(31(7)79)73-50(89)36(20-33-13-10-9-11-14-33)67-51(90)37(24-75)65-42(83)23-74(32(8)80)18-12-17-61-57(59)60)49(88)64-29(5)47(86)69-38(25-76)53(92)70-39(26-77)52(91)66-34(15-16-43(84)85)48(87)72-45(30(6)78)55(94)63-22-41(82)71-44(28(3)4)54(93)62-21-40(58)81/h9-11,13-14,27-31,34-39,44-46,75-79H,12,15-26H2,1-8H3,(H2,58,81)(H,62,93)(H,63,94)(H,64,88)(H,65,83)(H,66,91)(H,67,90)(H,68,95)(H,69,86)(H,70,92)(H,71,82)(H,72,87)(H,73,89)(H,84,85)(H4,59,60,61)/t29-,30+,31+,34-,35-,36-,37-,38-,39-,44-,45-,46-/m0/s1. The predicted octanol–water partition coefficient (Wildman–Crippen LogP) is -10.4. The van der Waals surface area contributed by atoms with Crippen LogP contribution < -0.4 is 81.0 Å². The van der Waals surface area contributed by atoms with Crippen molar-refractivity contribution in [1.82, 2.24) is 68.7 Å². The lowest BCUT2D eigenvalue weighted by Gasteiger charge is -2.28. The quantitative estimate of drug-likeness (QED) is 0.0164. The monoisotopic (exact) mass is 1350 g/mol. The van der Waals surface area contributed by atoms with Crippen LogP contribution in [0.15, 0.2) is 35.3 Å². The van der Waals surface area contributed by atoms with Gasteiger partial charge in [0.2, 0.25) is 82.7 Å². The van der Waals surface area contributed by atoms with Gasteiger partial charge in [0.25, 0.3) is 0 Å². The van der Waals surface area contributed by atoms with Gasteiger partial charge in [-0.15, -0.1) is 0 Å². The lowest BCUT2D eigenvalue weighted by atomic mass is 10.0. The number of nitrogens with one attached hydrogen (secondary N) is 12. The Morgan fingerprint density at radius 1 is 0.505 bits per heavy atom. The van der Waals surface area contributed by atoms with Gasteiger partial charge in [0.15, 0.2) is 5.96 Å². The average Bonchev–Trinajstić information content (AvgIpc) is 0.923. The zero-order chi connectivity index (χ0) is 72.4. The molecule has 38 heteroatoms. The zero-order valence-electron chi connectivity index (χ0n) is 54.1. The van der Waals surface area contributed by atoms with Gasteiger partial charge in [-0.3, -0.25) is 76.9 Å². The first-order valence-electron chi connectivity index (χ1n) is 30.1. The fraction of sp³-hybridized carbons (Fsp3) is 0.614. The summed E-state index contributed by atoms with van der Waals surface area (Å²) in [5, 5.41) is 88.3. The van der Waals surface area contributed by atoms with E-state index in [4.69, 9.17) is 17.2 Å². The van der Waals surface area contributed by atoms with Crippen molar-refractivity contribution in [1.29, 1.82) is 0 Å². The second-order valence-electron chi connectivity index (χ2n) is 22.7. The van der Waals surface area contributed by atoms with Crippen molar-refractivity contribution < 1.29 is 103 Å². The number of aliphatic carboxylic acids is 1. The molecule has 0 saturated carbocycles. The van der Waals surface area contributed by atoms with Crippen molar-refractivity contribution in [2.75, 3.05) is 52.5 Å². The molecular weight excluding hydrogens is 1260 g/mol. The first kappa shape index (κ1) is 83.4. The summed E-state index contributed by atoms with van der Waals surface area (Å²) < 4.78 is 0. The maximum atomic E-state index is 14.1. The second-order valence-corrected chi connectivity index (χ2v) is 22.7. The van der Waals surface area contributed by atoms with E-state index in [1.165, 1.54) is 6.92 Å². The van der Waals surface area contributed by atoms with Crippen LogP contribution in [0.25, 0.3) is 0 Å². The number of nitrogens with zero attached hydrogens (tertiary/aromatic N) is 2. The Labute approximate surface area is 547 Å². The summed E-state index contributed by atoms with van der Waals surface area (Å²) in [6.07, 6.45) is -4.96. The third-order valence-electron chi connectivity index (χ3n) is 13.7. The van der Waals surface area contributed by atoms with Crippen LogP contribution in [0.4, 0.5) is 0 Å². The number of aliphatic imine (C=N–C) groups is 1. The number of guanidine groups is 1. The number of benzene rings is 1. The van der Waals surface area contributed by atoms with E-state index in [0.29, 0.717) is 5.56 Å². The molecule has 0 fully saturated rings. The summed E-state index contributed by atoms with van der Waals surface area (Å²) in [6.45, 7) is 5.92. The highest BCUT2D eigenvalue weighted by Gasteiger charge is 2.37. The van der Waals surface area contributed by atoms with Crippen molar-refractivity contribution in [3.05, 3.63) is 35.9 Å². The molecule has 532 valence electrons. The third-order valence-corrected chi connectivity index (χ3v) is 13.7. The number of aliphatic hydroxyl groups is 5. The molecule has 24 N–H and O–H groups in total. The van der Waals surface area contributed by atoms with Gasteiger partial charge in [-0.1, -0.05) is 58.0 Å². The molecule has 0 heterocycles. The first-order valence-corrected chi connectivity index (χ1v) is 30.1. The van der Waals surface area contributed by atoms with Crippen LogP contribution in [0, 0.1) is 11.8 Å². The van der Waals surface area contributed by atoms with E-state index in [2.05, 4.69) is 63.5 Å². The molecule has 0 aliphatic heterocycles. The fourth-order valence-electron chi connectivity index (χ4n) is 8.51. The average molecular weight is 1350 g/mol. The minimum atomic E-state index is -1.99. The number of carboxylic acids is 1. The van der Waals surface area contributed by atoms with Gasteiger partial charge >= 0.3 is 5.97 Å². The largest absolute Gasteiger partial charge is 0.481 e. The number of amides is 14. The van der Waals surface area contributed by atoms with E-state index >= 15 is 0 Å². The van der Waals surface area contributed by atoms with Crippen LogP contribution in [0.2, 0.25) is 0 Å². The summed E-state index contributed by atoms with van der Waals surface area (Å²) in [7, 11) is 0. The van der Waals surface area contributed by atoms with Gasteiger partial charge in [-0.2, -0.15) is 0 Å². The number of carbonyl (C=O) groups excluding carboxylic acids is 14. The van der Waals surface area contributed by atoms with Crippen LogP contribution in [-0.4, -0.2) is 255 Å². The molecular formula is C57H93N17O21. The molecule has 0 radical (unpaired) electrons. The van der Waals surface area contributed by atoms with Crippen LogP contribution in [0.3, 0.4) is 0 Å². The minimum Gasteiger partial charge on any atom is -0.481 e. The number of carboxylic acid groups (broad SMARTS) is 1. The van der Waals surface area contributed by atoms with E-state index in [1.807, 2.05) is 5.32 Å². The van der Waals surface area contributed by atoms with Crippen LogP contribution in [0.1, 0.15) is 86.6 Å². The van der Waals surface area contributed by atoms with Crippen molar-refractivity contribution in [2.45, 2.75) is 160 Å². The van der Waals surface area contributed by atoms with Crippen LogP contribution >= 0.6 is 0 Å². The zero-order valence-corrected chi connectivity index (χ0v) is 54.1. The van der Waals surface area contributed by atoms with E-state index < -0.39 is 220 Å². The number of primary amides is 1. The molecule has 95 heavy (non-hydrogen) atoms. The molecule has 0 saturated heterocycles. The Balaban J connectivity index is 3.23. The number of rotatable bonds is 43. The Morgan fingerprint density at radius 2 is 0.958 bits per heavy atom. The molecule has 0 aliphatic rings. The van der Waals surface area contributed by atoms with E-state index in [0.717, 1.165) is 25.7 Å². The maximum absolute atomic E-state index is 14.1. The molecule has 0 unspecified atom stereocenters. The molecule has 1 aromatic carbocycles. The first-order chi connectivity index (χ1) is 44.5. The molecule has 0 aromatic heterocycles. The van der Waals surface area contributed by atoms with Gasteiger partial charge < -0.3 is 117 Å². The second kappa shape index (κ2) is 42.5. The normalized spacial score (nSPS) is 14.8. The van der Waals surface area contributed by atoms with E-state index in [1.54, 1.807) is 58.0 Å². The molecule has 1 rings (SSSR count). The molecule has 0 spiro atoms. The van der Waals surface area contributed by atoms with Crippen LogP contribution in [0.5, 0.6) is 0 Å². The number of carbonyl (C=O) groups is 15. The van der Waals surface area contributed by atoms with Gasteiger partial charge in [-0.05, 0) is 57.4 Å². The van der Waals surface area contributed by atoms with Gasteiger partial charge in [0, 0.05) is 32.9 Å². The summed E-state index contributed by atoms with van der Waals surface area (Å²) in [5.74, 6) is -17.0. The lowest BCUT2D eigenvalue weighted by Crippen LogP contribution is -2.62. The van der Waals surface area contributed by atoms with Crippen LogP contribution in [-0.2, 0) is 78.3 Å². The smallest absolute Gasteiger partial charge is 0.303 e. The number of hydrogen-bond acceptors (Lipinski definition) is 21. The Morgan fingerprint density at radius 3 is 1.44 bits per heavy atom. The molecule has 1 aromatic rings. The summed E-state index contributed by atoms with van der Waals surface area (Å²) in [6, 6.07) is -8.82. The number of aliphatic hydroxyl groups excluding tert-OH is 5. The topological polar surface area (TPSA) is 615 Å². The van der Waals surface area contributed by atoms with Crippen molar-refractivity contribution in [2.24, 2.45) is 34.0 Å². The number of nitrogens with two attached hydrogens (primary N) is 3. The fourth-order valence-corrected chi connectivity index (χ4v) is 8.51. The van der Waals surface area contributed by atoms with E-state index in [-0.39, 0.29) is 44.2 Å². The predicted molar refractivity (Wildman–Crippen MR) is 334 cm³/mol. The molecule has 0 bridgehead atoms. The molecule has 12 atom stereocenters. The SMILES string of the molecule is CC(=O)N(CCCN=C(N)N)CC(=O)N[C@@H](CO)C(=O)N[C@@H](Cc1ccccc1)C(=O)N[C@H](C(=O)N[C@@H](CC(C)C)C(=O)N[C@@H](C)C(=O)N[C@@H](CO)C(=O)N[C@@H](CO)C(=O)N[C@@H](CCC(=O)O)C(=O)N[C@H](C(=O)NCC(=O)N[C@H](C(=O)NCC(N)=O)C(C)C)[C@@H](C)O)[C@@H](C)O. The summed E-state index contributed by atoms with van der Waals surface area (Å²) in [4.78, 5) is 201. The maximum Gasteiger partial charge on any atom is 0.303 e. The highest BCUT2D eigenvalue weighted by molar-refractivity contribution is 6.00. The highest BCUT2D eigenvalue weighted by atomic mass is 16.4. The van der Waals surface area contributed by atoms with Gasteiger partial charge in [0.1, 0.15) is 60.4 Å². The lowest BCUT2D eigenvalue weighted by molar-refractivity contribution is -0.139. The Hall–Kier alpha value is -9.66.